The minimum Gasteiger partial charge on any atom is -0.398 e. The molecule has 0 atom stereocenters. The lowest BCUT2D eigenvalue weighted by atomic mass is 10.2. The number of halogens is 1. The van der Waals surface area contributed by atoms with E-state index in [0.29, 0.717) is 0 Å². The van der Waals surface area contributed by atoms with Gasteiger partial charge in [-0.3, -0.25) is 0 Å². The number of hydrogen-bond donors (Lipinski definition) is 1. The zero-order valence-electron chi connectivity index (χ0n) is 6.60. The van der Waals surface area contributed by atoms with Crippen LogP contribution in [0.15, 0.2) is 22.7 Å². The van der Waals surface area contributed by atoms with Crippen LogP contribution in [0.25, 0.3) is 10.1 Å². The maximum atomic E-state index is 5.85. The second kappa shape index (κ2) is 2.75. The van der Waals surface area contributed by atoms with Crippen molar-refractivity contribution in [1.82, 2.24) is 0 Å². The molecule has 0 radical (unpaired) electrons. The monoisotopic (exact) mass is 241 g/mol. The van der Waals surface area contributed by atoms with Gasteiger partial charge < -0.3 is 5.73 Å². The van der Waals surface area contributed by atoms with Crippen molar-refractivity contribution in [2.75, 3.05) is 5.73 Å². The molecule has 62 valence electrons. The highest BCUT2D eigenvalue weighted by Gasteiger charge is 2.07. The number of fused-ring (bicyclic) bond motifs is 1. The van der Waals surface area contributed by atoms with Gasteiger partial charge in [-0.25, -0.2) is 0 Å². The molecule has 0 saturated carbocycles. The number of nitrogen functional groups attached to an aromatic ring is 1. The first-order valence-electron chi connectivity index (χ1n) is 3.63. The van der Waals surface area contributed by atoms with Crippen LogP contribution in [0.4, 0.5) is 5.69 Å². The van der Waals surface area contributed by atoms with E-state index in [1.807, 2.05) is 12.1 Å². The van der Waals surface area contributed by atoms with E-state index in [9.17, 15) is 0 Å². The van der Waals surface area contributed by atoms with E-state index in [-0.39, 0.29) is 0 Å². The molecule has 0 fully saturated rings. The molecule has 12 heavy (non-hydrogen) atoms. The van der Waals surface area contributed by atoms with Crippen LogP contribution in [-0.2, 0) is 0 Å². The number of anilines is 1. The van der Waals surface area contributed by atoms with Gasteiger partial charge in [0.25, 0.3) is 0 Å². The lowest BCUT2D eigenvalue weighted by molar-refractivity contribution is 1.61. The van der Waals surface area contributed by atoms with E-state index in [0.717, 1.165) is 15.5 Å². The summed E-state index contributed by atoms with van der Waals surface area (Å²) >= 11 is 5.30. The van der Waals surface area contributed by atoms with Crippen molar-refractivity contribution in [3.8, 4) is 0 Å². The largest absolute Gasteiger partial charge is 0.398 e. The molecular weight excluding hydrogens is 234 g/mol. The lowest BCUT2D eigenvalue weighted by Gasteiger charge is -1.95. The maximum Gasteiger partial charge on any atom is 0.0413 e. The van der Waals surface area contributed by atoms with Crippen LogP contribution in [0.2, 0.25) is 0 Å². The quantitative estimate of drug-likeness (QED) is 0.702. The smallest absolute Gasteiger partial charge is 0.0413 e. The van der Waals surface area contributed by atoms with Crippen molar-refractivity contribution >= 4 is 43.0 Å². The standard InChI is InChI=1S/C9H8BrNS/c1-5-9(10)8-6(11)3-2-4-7(8)12-5/h2-4H,11H2,1H3. The van der Waals surface area contributed by atoms with Crippen LogP contribution in [0.5, 0.6) is 0 Å². The summed E-state index contributed by atoms with van der Waals surface area (Å²) in [5.74, 6) is 0. The normalized spacial score (nSPS) is 10.8. The minimum absolute atomic E-state index is 0.851. The molecule has 1 aromatic heterocycles. The summed E-state index contributed by atoms with van der Waals surface area (Å²) < 4.78 is 2.39. The second-order valence-corrected chi connectivity index (χ2v) is 4.74. The van der Waals surface area contributed by atoms with Gasteiger partial charge in [-0.15, -0.1) is 11.3 Å². The van der Waals surface area contributed by atoms with E-state index in [1.54, 1.807) is 11.3 Å². The van der Waals surface area contributed by atoms with E-state index in [1.165, 1.54) is 9.58 Å². The van der Waals surface area contributed by atoms with Crippen molar-refractivity contribution in [2.24, 2.45) is 0 Å². The topological polar surface area (TPSA) is 26.0 Å². The highest BCUT2D eigenvalue weighted by atomic mass is 79.9. The highest BCUT2D eigenvalue weighted by Crippen LogP contribution is 2.37. The molecule has 0 spiro atoms. The van der Waals surface area contributed by atoms with Crippen molar-refractivity contribution in [3.05, 3.63) is 27.5 Å². The molecule has 0 aliphatic heterocycles. The summed E-state index contributed by atoms with van der Waals surface area (Å²) in [4.78, 5) is 1.28. The molecule has 3 heteroatoms. The minimum atomic E-state index is 0.851. The second-order valence-electron chi connectivity index (χ2n) is 2.69. The van der Waals surface area contributed by atoms with Crippen LogP contribution in [0.3, 0.4) is 0 Å². The first-order valence-corrected chi connectivity index (χ1v) is 5.24. The number of nitrogens with two attached hydrogens (primary N) is 1. The molecule has 0 saturated heterocycles. The van der Waals surface area contributed by atoms with Gasteiger partial charge in [-0.2, -0.15) is 0 Å². The van der Waals surface area contributed by atoms with Gasteiger partial charge in [0.05, 0.1) is 0 Å². The Labute approximate surface area is 83.3 Å². The van der Waals surface area contributed by atoms with E-state index in [4.69, 9.17) is 5.73 Å². The van der Waals surface area contributed by atoms with Crippen LogP contribution >= 0.6 is 27.3 Å². The van der Waals surface area contributed by atoms with Crippen LogP contribution in [-0.4, -0.2) is 0 Å². The summed E-state index contributed by atoms with van der Waals surface area (Å²) in [5.41, 5.74) is 6.70. The Morgan fingerprint density at radius 3 is 2.83 bits per heavy atom. The number of aryl methyl sites for hydroxylation is 1. The Balaban J connectivity index is 2.97. The predicted molar refractivity (Wildman–Crippen MR) is 58.7 cm³/mol. The molecule has 2 N–H and O–H groups in total. The van der Waals surface area contributed by atoms with Crippen molar-refractivity contribution in [2.45, 2.75) is 6.92 Å². The third-order valence-corrected chi connectivity index (χ3v) is 4.17. The van der Waals surface area contributed by atoms with Gasteiger partial charge in [0, 0.05) is 25.1 Å². The fraction of sp³-hybridized carbons (Fsp3) is 0.111. The molecule has 0 amide bonds. The van der Waals surface area contributed by atoms with E-state index >= 15 is 0 Å². The van der Waals surface area contributed by atoms with Gasteiger partial charge in [0.1, 0.15) is 0 Å². The average Bonchev–Trinajstić information content (AvgIpc) is 2.29. The fourth-order valence-electron chi connectivity index (χ4n) is 1.25. The molecule has 2 aromatic rings. The third-order valence-electron chi connectivity index (χ3n) is 1.85. The van der Waals surface area contributed by atoms with Gasteiger partial charge in [-0.1, -0.05) is 6.07 Å². The average molecular weight is 242 g/mol. The van der Waals surface area contributed by atoms with Gasteiger partial charge in [-0.05, 0) is 35.0 Å². The Kier molecular flexibility index (Phi) is 1.85. The molecule has 0 aliphatic carbocycles. The number of thiophene rings is 1. The highest BCUT2D eigenvalue weighted by molar-refractivity contribution is 9.10. The summed E-state index contributed by atoms with van der Waals surface area (Å²) in [7, 11) is 0. The molecular formula is C9H8BrNS. The van der Waals surface area contributed by atoms with Gasteiger partial charge in [0.2, 0.25) is 0 Å². The van der Waals surface area contributed by atoms with Crippen molar-refractivity contribution < 1.29 is 0 Å². The van der Waals surface area contributed by atoms with E-state index in [2.05, 4.69) is 28.9 Å². The zero-order chi connectivity index (χ0) is 8.72. The maximum absolute atomic E-state index is 5.85. The van der Waals surface area contributed by atoms with Crippen LogP contribution < -0.4 is 5.73 Å². The Morgan fingerprint density at radius 1 is 1.42 bits per heavy atom. The zero-order valence-corrected chi connectivity index (χ0v) is 9.00. The molecule has 1 nitrogen and oxygen atoms in total. The summed E-state index contributed by atoms with van der Waals surface area (Å²) in [5, 5.41) is 1.15. The third kappa shape index (κ3) is 1.04. The first kappa shape index (κ1) is 8.08. The van der Waals surface area contributed by atoms with Crippen LogP contribution in [0, 0.1) is 6.92 Å². The number of benzene rings is 1. The SMILES string of the molecule is Cc1sc2cccc(N)c2c1Br. The molecule has 1 aromatic carbocycles. The van der Waals surface area contributed by atoms with Crippen molar-refractivity contribution in [1.29, 1.82) is 0 Å². The van der Waals surface area contributed by atoms with Crippen LogP contribution in [0.1, 0.15) is 4.88 Å². The summed E-state index contributed by atoms with van der Waals surface area (Å²) in [6.45, 7) is 2.09. The molecule has 2 rings (SSSR count). The predicted octanol–water partition coefficient (Wildman–Crippen LogP) is 3.55. The lowest BCUT2D eigenvalue weighted by Crippen LogP contribution is -1.83. The first-order chi connectivity index (χ1) is 5.70. The molecule has 0 unspecified atom stereocenters. The summed E-state index contributed by atoms with van der Waals surface area (Å²) in [6, 6.07) is 6.01. The van der Waals surface area contributed by atoms with Gasteiger partial charge >= 0.3 is 0 Å². The van der Waals surface area contributed by atoms with Gasteiger partial charge in [0.15, 0.2) is 0 Å². The summed E-state index contributed by atoms with van der Waals surface area (Å²) in [6.07, 6.45) is 0. The number of rotatable bonds is 0. The number of hydrogen-bond acceptors (Lipinski definition) is 2. The molecule has 1 heterocycles. The Hall–Kier alpha value is -0.540. The molecule has 0 bridgehead atoms. The fourth-order valence-corrected chi connectivity index (χ4v) is 3.06. The Morgan fingerprint density at radius 2 is 2.17 bits per heavy atom. The Bertz CT molecular complexity index is 433. The molecule has 0 aliphatic rings. The van der Waals surface area contributed by atoms with E-state index < -0.39 is 0 Å². The van der Waals surface area contributed by atoms with Crippen molar-refractivity contribution in [3.63, 3.8) is 0 Å².